The monoisotopic (exact) mass is 312 g/mol. The van der Waals surface area contributed by atoms with Gasteiger partial charge in [0, 0.05) is 12.5 Å². The summed E-state index contributed by atoms with van der Waals surface area (Å²) in [7, 11) is 0. The Morgan fingerprint density at radius 2 is 1.91 bits per heavy atom. The second-order valence-corrected chi connectivity index (χ2v) is 7.70. The van der Waals surface area contributed by atoms with Crippen molar-refractivity contribution in [2.24, 2.45) is 17.8 Å². The molecule has 4 rings (SSSR count). The highest BCUT2D eigenvalue weighted by atomic mass is 16.1. The third kappa shape index (κ3) is 3.16. The Labute approximate surface area is 139 Å². The van der Waals surface area contributed by atoms with E-state index in [1.165, 1.54) is 37.7 Å². The number of nitrogens with one attached hydrogen (secondary N) is 1. The molecule has 2 saturated carbocycles. The number of rotatable bonds is 5. The van der Waals surface area contributed by atoms with Crippen LogP contribution < -0.4 is 5.32 Å². The van der Waals surface area contributed by atoms with Crippen LogP contribution in [0.1, 0.15) is 50.1 Å². The van der Waals surface area contributed by atoms with Crippen molar-refractivity contribution >= 4 is 5.91 Å². The van der Waals surface area contributed by atoms with E-state index in [2.05, 4.69) is 40.5 Å². The van der Waals surface area contributed by atoms with E-state index in [-0.39, 0.29) is 0 Å². The molecule has 0 aromatic heterocycles. The molecule has 1 saturated heterocycles. The van der Waals surface area contributed by atoms with Crippen LogP contribution in [0.5, 0.6) is 0 Å². The first-order chi connectivity index (χ1) is 11.3. The molecule has 1 aromatic rings. The minimum Gasteiger partial charge on any atom is -0.354 e. The molecule has 1 N–H and O–H groups in total. The van der Waals surface area contributed by atoms with Gasteiger partial charge in [-0.3, -0.25) is 9.69 Å². The maximum absolute atomic E-state index is 12.7. The van der Waals surface area contributed by atoms with Crippen LogP contribution in [0, 0.1) is 17.8 Å². The molecule has 4 atom stereocenters. The zero-order valence-electron chi connectivity index (χ0n) is 13.9. The topological polar surface area (TPSA) is 32.3 Å². The van der Waals surface area contributed by atoms with Crippen LogP contribution >= 0.6 is 0 Å². The number of fused-ring (bicyclic) bond motifs is 2. The molecule has 3 fully saturated rings. The molecule has 2 bridgehead atoms. The van der Waals surface area contributed by atoms with Crippen molar-refractivity contribution in [1.82, 2.24) is 10.2 Å². The number of carbonyl (C=O) groups is 1. The maximum Gasteiger partial charge on any atom is 0.223 e. The van der Waals surface area contributed by atoms with Crippen LogP contribution in [0.4, 0.5) is 0 Å². The second-order valence-electron chi connectivity index (χ2n) is 7.70. The Morgan fingerprint density at radius 1 is 1.13 bits per heavy atom. The Bertz CT molecular complexity index is 538. The number of hydrogen-bond acceptors (Lipinski definition) is 2. The molecule has 1 amide bonds. The Hall–Kier alpha value is -1.35. The summed E-state index contributed by atoms with van der Waals surface area (Å²) in [5.74, 6) is 2.11. The first-order valence-corrected chi connectivity index (χ1v) is 9.38. The van der Waals surface area contributed by atoms with Gasteiger partial charge in [0.15, 0.2) is 0 Å². The molecule has 3 heteroatoms. The zero-order valence-corrected chi connectivity index (χ0v) is 13.9. The molecule has 3 aliphatic rings. The smallest absolute Gasteiger partial charge is 0.223 e. The van der Waals surface area contributed by atoms with E-state index in [1.54, 1.807) is 0 Å². The third-order valence-corrected chi connectivity index (χ3v) is 6.31. The number of nitrogens with zero attached hydrogens (tertiary/aromatic N) is 1. The molecular weight excluding hydrogens is 284 g/mol. The van der Waals surface area contributed by atoms with Crippen LogP contribution in [0.25, 0.3) is 0 Å². The van der Waals surface area contributed by atoms with Crippen LogP contribution in [0.15, 0.2) is 30.3 Å². The second kappa shape index (κ2) is 6.64. The molecule has 0 radical (unpaired) electrons. The van der Waals surface area contributed by atoms with Gasteiger partial charge >= 0.3 is 0 Å². The average molecular weight is 312 g/mol. The average Bonchev–Trinajstić information content (AvgIpc) is 3.34. The standard InChI is InChI=1S/C20H28N2O/c23-20(18-13-15-8-9-17(18)12-15)21-14-19(22-10-4-5-11-22)16-6-2-1-3-7-16/h1-3,6-7,15,17-19H,4-5,8-14H2,(H,21,23). The highest BCUT2D eigenvalue weighted by molar-refractivity contribution is 5.79. The van der Waals surface area contributed by atoms with Gasteiger partial charge < -0.3 is 5.32 Å². The molecule has 3 nitrogen and oxygen atoms in total. The first kappa shape index (κ1) is 15.2. The molecule has 23 heavy (non-hydrogen) atoms. The summed E-state index contributed by atoms with van der Waals surface area (Å²) >= 11 is 0. The van der Waals surface area contributed by atoms with Gasteiger partial charge in [0.25, 0.3) is 0 Å². The lowest BCUT2D eigenvalue weighted by Gasteiger charge is -2.29. The molecule has 4 unspecified atom stereocenters. The summed E-state index contributed by atoms with van der Waals surface area (Å²) in [6.45, 7) is 3.07. The molecule has 1 aliphatic heterocycles. The Morgan fingerprint density at radius 3 is 2.57 bits per heavy atom. The van der Waals surface area contributed by atoms with Gasteiger partial charge in [-0.2, -0.15) is 0 Å². The van der Waals surface area contributed by atoms with Gasteiger partial charge in [-0.25, -0.2) is 0 Å². The normalized spacial score (nSPS) is 31.4. The van der Waals surface area contributed by atoms with E-state index >= 15 is 0 Å². The highest BCUT2D eigenvalue weighted by Crippen LogP contribution is 2.48. The zero-order chi connectivity index (χ0) is 15.6. The van der Waals surface area contributed by atoms with E-state index in [9.17, 15) is 4.79 Å². The van der Waals surface area contributed by atoms with Crippen molar-refractivity contribution in [2.45, 2.75) is 44.6 Å². The lowest BCUT2D eigenvalue weighted by atomic mass is 9.88. The van der Waals surface area contributed by atoms with Crippen molar-refractivity contribution in [3.63, 3.8) is 0 Å². The van der Waals surface area contributed by atoms with Crippen LogP contribution in [0.3, 0.4) is 0 Å². The number of hydrogen-bond donors (Lipinski definition) is 1. The summed E-state index contributed by atoms with van der Waals surface area (Å²) in [6.07, 6.45) is 7.63. The summed E-state index contributed by atoms with van der Waals surface area (Å²) in [4.78, 5) is 15.2. The molecule has 0 spiro atoms. The summed E-state index contributed by atoms with van der Waals surface area (Å²) < 4.78 is 0. The third-order valence-electron chi connectivity index (χ3n) is 6.31. The van der Waals surface area contributed by atoms with Crippen LogP contribution in [-0.2, 0) is 4.79 Å². The lowest BCUT2D eigenvalue weighted by molar-refractivity contribution is -0.126. The Kier molecular flexibility index (Phi) is 4.39. The van der Waals surface area contributed by atoms with Crippen molar-refractivity contribution in [3.05, 3.63) is 35.9 Å². The SMILES string of the molecule is O=C(NCC(c1ccccc1)N1CCCC1)C1CC2CCC1C2. The minimum atomic E-state index is 0.295. The van der Waals surface area contributed by atoms with Crippen LogP contribution in [-0.4, -0.2) is 30.4 Å². The minimum absolute atomic E-state index is 0.295. The van der Waals surface area contributed by atoms with Gasteiger partial charge in [-0.1, -0.05) is 36.8 Å². The summed E-state index contributed by atoms with van der Waals surface area (Å²) in [5, 5.41) is 3.30. The van der Waals surface area contributed by atoms with Gasteiger partial charge in [0.05, 0.1) is 6.04 Å². The summed E-state index contributed by atoms with van der Waals surface area (Å²) in [5.41, 5.74) is 1.34. The Balaban J connectivity index is 1.40. The summed E-state index contributed by atoms with van der Waals surface area (Å²) in [6, 6.07) is 11.0. The number of amides is 1. The fourth-order valence-corrected chi connectivity index (χ4v) is 5.08. The van der Waals surface area contributed by atoms with E-state index in [0.717, 1.165) is 32.0 Å². The van der Waals surface area contributed by atoms with E-state index in [4.69, 9.17) is 0 Å². The number of benzene rings is 1. The van der Waals surface area contributed by atoms with Crippen molar-refractivity contribution in [1.29, 1.82) is 0 Å². The van der Waals surface area contributed by atoms with E-state index < -0.39 is 0 Å². The van der Waals surface area contributed by atoms with Crippen molar-refractivity contribution in [3.8, 4) is 0 Å². The molecule has 1 heterocycles. The van der Waals surface area contributed by atoms with E-state index in [1.807, 2.05) is 0 Å². The van der Waals surface area contributed by atoms with Gasteiger partial charge in [-0.15, -0.1) is 0 Å². The van der Waals surface area contributed by atoms with E-state index in [0.29, 0.717) is 23.8 Å². The van der Waals surface area contributed by atoms with Gasteiger partial charge in [0.2, 0.25) is 5.91 Å². The van der Waals surface area contributed by atoms with Gasteiger partial charge in [-0.05, 0) is 62.6 Å². The predicted octanol–water partition coefficient (Wildman–Crippen LogP) is 3.38. The van der Waals surface area contributed by atoms with Crippen molar-refractivity contribution in [2.75, 3.05) is 19.6 Å². The van der Waals surface area contributed by atoms with Gasteiger partial charge in [0.1, 0.15) is 0 Å². The molecule has 124 valence electrons. The maximum atomic E-state index is 12.7. The number of carbonyl (C=O) groups excluding carboxylic acids is 1. The van der Waals surface area contributed by atoms with Crippen LogP contribution in [0.2, 0.25) is 0 Å². The fourth-order valence-electron chi connectivity index (χ4n) is 5.08. The molecule has 2 aliphatic carbocycles. The fraction of sp³-hybridized carbons (Fsp3) is 0.650. The van der Waals surface area contributed by atoms with Crippen molar-refractivity contribution < 1.29 is 4.79 Å². The highest BCUT2D eigenvalue weighted by Gasteiger charge is 2.43. The lowest BCUT2D eigenvalue weighted by Crippen LogP contribution is -2.40. The molecule has 1 aromatic carbocycles. The largest absolute Gasteiger partial charge is 0.354 e. The quantitative estimate of drug-likeness (QED) is 0.904. The first-order valence-electron chi connectivity index (χ1n) is 9.38. The predicted molar refractivity (Wildman–Crippen MR) is 91.9 cm³/mol. The number of likely N-dealkylation sites (tertiary alicyclic amines) is 1. The molecular formula is C20H28N2O.